The monoisotopic (exact) mass is 286 g/mol. The lowest BCUT2D eigenvalue weighted by molar-refractivity contribution is -0.129. The Morgan fingerprint density at radius 2 is 1.95 bits per heavy atom. The van der Waals surface area contributed by atoms with Crippen LogP contribution >= 0.6 is 0 Å². The quantitative estimate of drug-likeness (QED) is 0.717. The van der Waals surface area contributed by atoms with Gasteiger partial charge in [0.05, 0.1) is 0 Å². The van der Waals surface area contributed by atoms with Crippen molar-refractivity contribution >= 4 is 5.78 Å². The lowest BCUT2D eigenvalue weighted by Gasteiger charge is -2.48. The van der Waals surface area contributed by atoms with Gasteiger partial charge in [-0.05, 0) is 61.5 Å². The van der Waals surface area contributed by atoms with E-state index < -0.39 is 0 Å². The summed E-state index contributed by atoms with van der Waals surface area (Å²) < 4.78 is 0. The summed E-state index contributed by atoms with van der Waals surface area (Å²) in [6.45, 7) is 2.17. The van der Waals surface area contributed by atoms with E-state index in [1.807, 2.05) is 6.07 Å². The molecule has 21 heavy (non-hydrogen) atoms. The number of carbonyl (C=O) groups excluding carboxylic acids is 1. The number of hydrogen-bond donors (Lipinski definition) is 2. The molecule has 2 N–H and O–H groups in total. The minimum Gasteiger partial charge on any atom is -0.504 e. The number of aromatic hydroxyl groups is 2. The van der Waals surface area contributed by atoms with E-state index >= 15 is 0 Å². The summed E-state index contributed by atoms with van der Waals surface area (Å²) in [5.41, 5.74) is 2.05. The predicted molar refractivity (Wildman–Crippen MR) is 79.4 cm³/mol. The van der Waals surface area contributed by atoms with Crippen LogP contribution in [0.15, 0.2) is 12.1 Å². The first kappa shape index (κ1) is 13.2. The Kier molecular flexibility index (Phi) is 2.66. The number of phenolic OH excluding ortho intramolecular Hbond substituents is 2. The van der Waals surface area contributed by atoms with E-state index in [-0.39, 0.29) is 16.9 Å². The van der Waals surface area contributed by atoms with Crippen LogP contribution in [0.1, 0.15) is 56.1 Å². The van der Waals surface area contributed by atoms with Gasteiger partial charge in [-0.3, -0.25) is 4.79 Å². The van der Waals surface area contributed by atoms with Crippen molar-refractivity contribution in [1.29, 1.82) is 0 Å². The molecule has 4 rings (SSSR count). The van der Waals surface area contributed by atoms with Crippen LogP contribution in [0, 0.1) is 17.3 Å². The van der Waals surface area contributed by atoms with E-state index in [1.54, 1.807) is 6.07 Å². The van der Waals surface area contributed by atoms with E-state index in [4.69, 9.17) is 0 Å². The molecule has 0 bridgehead atoms. The van der Waals surface area contributed by atoms with Crippen LogP contribution in [-0.2, 0) is 11.2 Å². The average Bonchev–Trinajstić information content (AvgIpc) is 2.78. The zero-order valence-corrected chi connectivity index (χ0v) is 12.4. The molecular formula is C18H22O3. The van der Waals surface area contributed by atoms with Gasteiger partial charge in [0.2, 0.25) is 0 Å². The van der Waals surface area contributed by atoms with Crippen LogP contribution in [0.25, 0.3) is 0 Å². The molecule has 0 spiro atoms. The molecule has 112 valence electrons. The molecule has 2 fully saturated rings. The van der Waals surface area contributed by atoms with Gasteiger partial charge in [0.15, 0.2) is 11.5 Å². The first-order valence-corrected chi connectivity index (χ1v) is 8.09. The summed E-state index contributed by atoms with van der Waals surface area (Å²) in [6.07, 6.45) is 5.63. The third-order valence-electron chi connectivity index (χ3n) is 6.57. The Morgan fingerprint density at radius 1 is 1.14 bits per heavy atom. The van der Waals surface area contributed by atoms with E-state index in [9.17, 15) is 15.0 Å². The minimum atomic E-state index is -0.0996. The van der Waals surface area contributed by atoms with Crippen LogP contribution in [0.5, 0.6) is 11.5 Å². The molecule has 3 heteroatoms. The summed E-state index contributed by atoms with van der Waals surface area (Å²) in [6, 6.07) is 3.60. The fourth-order valence-electron chi connectivity index (χ4n) is 5.41. The summed E-state index contributed by atoms with van der Waals surface area (Å²) >= 11 is 0. The standard InChI is InChI=1S/C18H22O3/c1-18-9-8-11-10-4-6-15(19)17(21)13(10)3-2-12(11)14(18)5-7-16(18)20/h4,6,11-12,14,19,21H,2-3,5,7-9H2,1H3/t11?,12?,14?,18-/m0/s1. The van der Waals surface area contributed by atoms with Crippen molar-refractivity contribution < 1.29 is 15.0 Å². The smallest absolute Gasteiger partial charge is 0.160 e. The van der Waals surface area contributed by atoms with Crippen LogP contribution in [0.3, 0.4) is 0 Å². The van der Waals surface area contributed by atoms with Crippen molar-refractivity contribution in [2.24, 2.45) is 17.3 Å². The highest BCUT2D eigenvalue weighted by atomic mass is 16.3. The molecule has 0 radical (unpaired) electrons. The van der Waals surface area contributed by atoms with Crippen molar-refractivity contribution in [3.8, 4) is 11.5 Å². The van der Waals surface area contributed by atoms with Gasteiger partial charge >= 0.3 is 0 Å². The lowest BCUT2D eigenvalue weighted by Crippen LogP contribution is -2.42. The molecule has 0 saturated heterocycles. The summed E-state index contributed by atoms with van der Waals surface area (Å²) in [4.78, 5) is 12.3. The fraction of sp³-hybridized carbons (Fsp3) is 0.611. The number of fused-ring (bicyclic) bond motifs is 5. The number of Topliss-reactive ketones (excluding diaryl/α,β-unsaturated/α-hetero) is 1. The maximum absolute atomic E-state index is 12.3. The maximum Gasteiger partial charge on any atom is 0.160 e. The Morgan fingerprint density at radius 3 is 2.76 bits per heavy atom. The van der Waals surface area contributed by atoms with Crippen LogP contribution < -0.4 is 0 Å². The Bertz CT molecular complexity index is 621. The Labute approximate surface area is 125 Å². The molecule has 1 aromatic rings. The normalized spacial score (nSPS) is 37.8. The van der Waals surface area contributed by atoms with E-state index in [1.165, 1.54) is 5.56 Å². The topological polar surface area (TPSA) is 57.5 Å². The Balaban J connectivity index is 1.75. The maximum atomic E-state index is 12.3. The van der Waals surface area contributed by atoms with Crippen molar-refractivity contribution in [2.45, 2.75) is 51.4 Å². The molecule has 0 aliphatic heterocycles. The molecule has 0 amide bonds. The lowest BCUT2D eigenvalue weighted by atomic mass is 9.55. The minimum absolute atomic E-state index is 0.0103. The van der Waals surface area contributed by atoms with Crippen LogP contribution in [0.2, 0.25) is 0 Å². The molecule has 1 aromatic carbocycles. The second-order valence-electron chi connectivity index (χ2n) is 7.33. The van der Waals surface area contributed by atoms with Crippen molar-refractivity contribution in [1.82, 2.24) is 0 Å². The molecule has 4 atom stereocenters. The highest BCUT2D eigenvalue weighted by molar-refractivity contribution is 5.87. The highest BCUT2D eigenvalue weighted by Gasteiger charge is 2.54. The van der Waals surface area contributed by atoms with Crippen molar-refractivity contribution in [3.63, 3.8) is 0 Å². The zero-order chi connectivity index (χ0) is 14.8. The second kappa shape index (κ2) is 4.25. The number of rotatable bonds is 0. The zero-order valence-electron chi connectivity index (χ0n) is 12.4. The molecule has 2 saturated carbocycles. The number of benzene rings is 1. The predicted octanol–water partition coefficient (Wildman–Crippen LogP) is 3.52. The summed E-state index contributed by atoms with van der Waals surface area (Å²) in [5, 5.41) is 19.8. The SMILES string of the molecule is C[C@]12CCC3c4ccc(O)c(O)c4CCC3C1CCC2=O. The van der Waals surface area contributed by atoms with Gasteiger partial charge in [-0.2, -0.15) is 0 Å². The third kappa shape index (κ3) is 1.63. The van der Waals surface area contributed by atoms with Gasteiger partial charge in [0.1, 0.15) is 5.78 Å². The van der Waals surface area contributed by atoms with Gasteiger partial charge in [-0.25, -0.2) is 0 Å². The number of phenols is 2. The van der Waals surface area contributed by atoms with Gasteiger partial charge in [0, 0.05) is 17.4 Å². The highest BCUT2D eigenvalue weighted by Crippen LogP contribution is 2.60. The van der Waals surface area contributed by atoms with E-state index in [2.05, 4.69) is 6.92 Å². The largest absolute Gasteiger partial charge is 0.504 e. The molecular weight excluding hydrogens is 264 g/mol. The van der Waals surface area contributed by atoms with Gasteiger partial charge < -0.3 is 10.2 Å². The molecule has 3 unspecified atom stereocenters. The number of carbonyl (C=O) groups is 1. The van der Waals surface area contributed by atoms with Crippen LogP contribution in [0.4, 0.5) is 0 Å². The van der Waals surface area contributed by atoms with E-state index in [0.717, 1.165) is 44.1 Å². The van der Waals surface area contributed by atoms with Crippen molar-refractivity contribution in [3.05, 3.63) is 23.3 Å². The number of ketones is 1. The first-order valence-electron chi connectivity index (χ1n) is 8.09. The average molecular weight is 286 g/mol. The Hall–Kier alpha value is -1.51. The van der Waals surface area contributed by atoms with E-state index in [0.29, 0.717) is 23.5 Å². The van der Waals surface area contributed by atoms with Crippen molar-refractivity contribution in [2.75, 3.05) is 0 Å². The van der Waals surface area contributed by atoms with Crippen LogP contribution in [-0.4, -0.2) is 16.0 Å². The summed E-state index contributed by atoms with van der Waals surface area (Å²) in [7, 11) is 0. The molecule has 0 heterocycles. The third-order valence-corrected chi connectivity index (χ3v) is 6.57. The second-order valence-corrected chi connectivity index (χ2v) is 7.33. The molecule has 0 aromatic heterocycles. The fourth-order valence-corrected chi connectivity index (χ4v) is 5.41. The van der Waals surface area contributed by atoms with Gasteiger partial charge in [-0.15, -0.1) is 0 Å². The van der Waals surface area contributed by atoms with Gasteiger partial charge in [-0.1, -0.05) is 13.0 Å². The van der Waals surface area contributed by atoms with Gasteiger partial charge in [0.25, 0.3) is 0 Å². The molecule has 3 aliphatic carbocycles. The summed E-state index contributed by atoms with van der Waals surface area (Å²) in [5.74, 6) is 2.04. The number of hydrogen-bond acceptors (Lipinski definition) is 3. The molecule has 3 aliphatic rings. The molecule has 3 nitrogen and oxygen atoms in total. The first-order chi connectivity index (χ1) is 10.0.